The lowest BCUT2D eigenvalue weighted by molar-refractivity contribution is -0.151. The summed E-state index contributed by atoms with van der Waals surface area (Å²) in [4.78, 5) is 2.52. The SMILES string of the molecule is CCC(CN)N1C2COCC1COC2. The Balaban J connectivity index is 2.07. The Kier molecular flexibility index (Phi) is 3.38. The molecule has 2 fully saturated rings. The van der Waals surface area contributed by atoms with Gasteiger partial charge in [0.15, 0.2) is 0 Å². The molecule has 4 heteroatoms. The highest BCUT2D eigenvalue weighted by Crippen LogP contribution is 2.22. The average Bonchev–Trinajstić information content (AvgIpc) is 2.19. The molecule has 1 atom stereocenters. The fraction of sp³-hybridized carbons (Fsp3) is 1.00. The molecule has 0 saturated carbocycles. The van der Waals surface area contributed by atoms with E-state index < -0.39 is 0 Å². The van der Waals surface area contributed by atoms with Crippen molar-refractivity contribution in [3.05, 3.63) is 0 Å². The van der Waals surface area contributed by atoms with Crippen molar-refractivity contribution >= 4 is 0 Å². The lowest BCUT2D eigenvalue weighted by Gasteiger charge is -2.48. The summed E-state index contributed by atoms with van der Waals surface area (Å²) >= 11 is 0. The van der Waals surface area contributed by atoms with E-state index in [1.165, 1.54) is 0 Å². The summed E-state index contributed by atoms with van der Waals surface area (Å²) in [5.41, 5.74) is 5.79. The minimum atomic E-state index is 0.427. The second kappa shape index (κ2) is 4.57. The summed E-state index contributed by atoms with van der Waals surface area (Å²) in [6, 6.07) is 1.35. The topological polar surface area (TPSA) is 47.7 Å². The molecule has 82 valence electrons. The lowest BCUT2D eigenvalue weighted by atomic mass is 10.0. The van der Waals surface area contributed by atoms with E-state index in [-0.39, 0.29) is 0 Å². The van der Waals surface area contributed by atoms with Gasteiger partial charge in [-0.25, -0.2) is 0 Å². The molecule has 4 nitrogen and oxygen atoms in total. The van der Waals surface area contributed by atoms with Gasteiger partial charge in [0.25, 0.3) is 0 Å². The van der Waals surface area contributed by atoms with Crippen LogP contribution in [0.15, 0.2) is 0 Å². The van der Waals surface area contributed by atoms with Gasteiger partial charge in [0, 0.05) is 12.6 Å². The van der Waals surface area contributed by atoms with Crippen LogP contribution >= 0.6 is 0 Å². The van der Waals surface area contributed by atoms with E-state index in [9.17, 15) is 0 Å². The fourth-order valence-electron chi connectivity index (χ4n) is 2.51. The predicted octanol–water partition coefficient (Wildman–Crippen LogP) is -0.177. The summed E-state index contributed by atoms with van der Waals surface area (Å²) in [5, 5.41) is 0. The van der Waals surface area contributed by atoms with E-state index in [0.717, 1.165) is 39.4 Å². The predicted molar refractivity (Wildman–Crippen MR) is 54.2 cm³/mol. The van der Waals surface area contributed by atoms with Gasteiger partial charge in [-0.1, -0.05) is 6.92 Å². The van der Waals surface area contributed by atoms with Crippen LogP contribution in [0.1, 0.15) is 13.3 Å². The first-order valence-electron chi connectivity index (χ1n) is 5.49. The maximum absolute atomic E-state index is 5.79. The van der Waals surface area contributed by atoms with Gasteiger partial charge < -0.3 is 15.2 Å². The first kappa shape index (κ1) is 10.4. The number of fused-ring (bicyclic) bond motifs is 2. The fourth-order valence-corrected chi connectivity index (χ4v) is 2.51. The first-order valence-corrected chi connectivity index (χ1v) is 5.49. The molecule has 2 aliphatic rings. The zero-order valence-corrected chi connectivity index (χ0v) is 8.82. The monoisotopic (exact) mass is 200 g/mol. The molecular formula is C10H20N2O2. The summed E-state index contributed by atoms with van der Waals surface area (Å²) < 4.78 is 11.1. The van der Waals surface area contributed by atoms with E-state index in [1.807, 2.05) is 0 Å². The third-order valence-corrected chi connectivity index (χ3v) is 3.25. The number of ether oxygens (including phenoxy) is 2. The maximum atomic E-state index is 5.79. The largest absolute Gasteiger partial charge is 0.378 e. The highest BCUT2D eigenvalue weighted by molar-refractivity contribution is 4.91. The van der Waals surface area contributed by atoms with Gasteiger partial charge >= 0.3 is 0 Å². The Morgan fingerprint density at radius 3 is 2.07 bits per heavy atom. The van der Waals surface area contributed by atoms with E-state index in [2.05, 4.69) is 11.8 Å². The third-order valence-electron chi connectivity index (χ3n) is 3.25. The number of nitrogens with two attached hydrogens (primary N) is 1. The molecule has 0 spiro atoms. The molecule has 2 bridgehead atoms. The molecule has 0 aromatic rings. The van der Waals surface area contributed by atoms with Crippen molar-refractivity contribution in [1.29, 1.82) is 0 Å². The van der Waals surface area contributed by atoms with Crippen LogP contribution in [0.4, 0.5) is 0 Å². The van der Waals surface area contributed by atoms with Gasteiger partial charge in [0.2, 0.25) is 0 Å². The van der Waals surface area contributed by atoms with E-state index in [0.29, 0.717) is 18.1 Å². The molecule has 0 aromatic carbocycles. The van der Waals surface area contributed by atoms with Gasteiger partial charge in [0.1, 0.15) is 0 Å². The Morgan fingerprint density at radius 2 is 1.71 bits per heavy atom. The molecule has 2 heterocycles. The standard InChI is InChI=1S/C10H20N2O2/c1-2-8(3-11)12-9-4-13-6-10(12)7-14-5-9/h8-10H,2-7,11H2,1H3. The Hall–Kier alpha value is -0.160. The van der Waals surface area contributed by atoms with Crippen LogP contribution in [0.2, 0.25) is 0 Å². The zero-order valence-electron chi connectivity index (χ0n) is 8.82. The highest BCUT2D eigenvalue weighted by Gasteiger charge is 2.38. The highest BCUT2D eigenvalue weighted by atomic mass is 16.5. The Bertz CT molecular complexity index is 160. The van der Waals surface area contributed by atoms with Crippen LogP contribution in [-0.2, 0) is 9.47 Å². The van der Waals surface area contributed by atoms with E-state index in [1.54, 1.807) is 0 Å². The maximum Gasteiger partial charge on any atom is 0.0645 e. The molecule has 2 N–H and O–H groups in total. The summed E-state index contributed by atoms with van der Waals surface area (Å²) in [6.45, 7) is 6.13. The molecule has 1 unspecified atom stereocenters. The quantitative estimate of drug-likeness (QED) is 0.687. The van der Waals surface area contributed by atoms with Crippen molar-refractivity contribution in [2.45, 2.75) is 31.5 Å². The van der Waals surface area contributed by atoms with Gasteiger partial charge in [-0.3, -0.25) is 4.90 Å². The summed E-state index contributed by atoms with van der Waals surface area (Å²) in [5.74, 6) is 0. The van der Waals surface area contributed by atoms with Crippen molar-refractivity contribution < 1.29 is 9.47 Å². The minimum absolute atomic E-state index is 0.427. The zero-order chi connectivity index (χ0) is 9.97. The molecule has 0 aromatic heterocycles. The Morgan fingerprint density at radius 1 is 1.21 bits per heavy atom. The van der Waals surface area contributed by atoms with Gasteiger partial charge in [0.05, 0.1) is 38.5 Å². The van der Waals surface area contributed by atoms with Crippen molar-refractivity contribution in [2.24, 2.45) is 5.73 Å². The van der Waals surface area contributed by atoms with Crippen molar-refractivity contribution in [3.63, 3.8) is 0 Å². The second-order valence-electron chi connectivity index (χ2n) is 4.13. The van der Waals surface area contributed by atoms with Crippen LogP contribution < -0.4 is 5.73 Å². The van der Waals surface area contributed by atoms with Crippen LogP contribution in [0, 0.1) is 0 Å². The number of nitrogens with zero attached hydrogens (tertiary/aromatic N) is 1. The second-order valence-corrected chi connectivity index (χ2v) is 4.13. The molecule has 14 heavy (non-hydrogen) atoms. The summed E-state index contributed by atoms with van der Waals surface area (Å²) in [6.07, 6.45) is 1.11. The van der Waals surface area contributed by atoms with E-state index >= 15 is 0 Å². The molecule has 0 aliphatic carbocycles. The molecule has 2 aliphatic heterocycles. The van der Waals surface area contributed by atoms with Crippen molar-refractivity contribution in [3.8, 4) is 0 Å². The molecule has 0 amide bonds. The minimum Gasteiger partial charge on any atom is -0.378 e. The number of hydrogen-bond donors (Lipinski definition) is 1. The van der Waals surface area contributed by atoms with Crippen LogP contribution in [0.25, 0.3) is 0 Å². The number of hydrogen-bond acceptors (Lipinski definition) is 4. The third kappa shape index (κ3) is 1.80. The average molecular weight is 200 g/mol. The molecule has 0 radical (unpaired) electrons. The van der Waals surface area contributed by atoms with Crippen LogP contribution in [0.3, 0.4) is 0 Å². The lowest BCUT2D eigenvalue weighted by Crippen LogP contribution is -2.64. The summed E-state index contributed by atoms with van der Waals surface area (Å²) in [7, 11) is 0. The first-order chi connectivity index (χ1) is 6.86. The number of morpholine rings is 2. The normalized spacial score (nSPS) is 35.6. The molecule has 2 saturated heterocycles. The smallest absolute Gasteiger partial charge is 0.0645 e. The van der Waals surface area contributed by atoms with Crippen LogP contribution in [0.5, 0.6) is 0 Å². The molecule has 2 rings (SSSR count). The van der Waals surface area contributed by atoms with Crippen molar-refractivity contribution in [1.82, 2.24) is 4.90 Å². The van der Waals surface area contributed by atoms with Crippen molar-refractivity contribution in [2.75, 3.05) is 33.0 Å². The molecular weight excluding hydrogens is 180 g/mol. The number of rotatable bonds is 3. The van der Waals surface area contributed by atoms with E-state index in [4.69, 9.17) is 15.2 Å². The van der Waals surface area contributed by atoms with Gasteiger partial charge in [-0.15, -0.1) is 0 Å². The van der Waals surface area contributed by atoms with Crippen LogP contribution in [-0.4, -0.2) is 56.0 Å². The Labute approximate surface area is 85.3 Å². The van der Waals surface area contributed by atoms with Gasteiger partial charge in [-0.05, 0) is 6.42 Å². The van der Waals surface area contributed by atoms with Gasteiger partial charge in [-0.2, -0.15) is 0 Å².